The molecule has 18 heavy (non-hydrogen) atoms. The van der Waals surface area contributed by atoms with Crippen LogP contribution in [0, 0.1) is 11.7 Å². The van der Waals surface area contributed by atoms with Crippen LogP contribution in [0.1, 0.15) is 31.4 Å². The molecule has 0 saturated heterocycles. The Labute approximate surface area is 118 Å². The van der Waals surface area contributed by atoms with Gasteiger partial charge in [0.25, 0.3) is 0 Å². The van der Waals surface area contributed by atoms with E-state index in [1.54, 1.807) is 6.92 Å². The second kappa shape index (κ2) is 6.50. The maximum atomic E-state index is 13.7. The van der Waals surface area contributed by atoms with E-state index in [-0.39, 0.29) is 12.3 Å². The molecule has 2 unspecified atom stereocenters. The highest BCUT2D eigenvalue weighted by Crippen LogP contribution is 2.30. The number of carbonyl (C=O) groups is 1. The van der Waals surface area contributed by atoms with Crippen LogP contribution in [0.5, 0.6) is 0 Å². The van der Waals surface area contributed by atoms with Crippen LogP contribution >= 0.6 is 27.5 Å². The third kappa shape index (κ3) is 4.23. The van der Waals surface area contributed by atoms with Gasteiger partial charge in [-0.2, -0.15) is 0 Å². The van der Waals surface area contributed by atoms with E-state index in [0.717, 1.165) is 0 Å². The van der Waals surface area contributed by atoms with Crippen molar-refractivity contribution in [3.05, 3.63) is 33.0 Å². The molecular formula is C12H14BrClFNO2. The van der Waals surface area contributed by atoms with Crippen molar-refractivity contribution < 1.29 is 14.3 Å². The van der Waals surface area contributed by atoms with Crippen molar-refractivity contribution >= 4 is 33.5 Å². The largest absolute Gasteiger partial charge is 0.481 e. The Balaban J connectivity index is 2.81. The van der Waals surface area contributed by atoms with Crippen molar-refractivity contribution in [2.24, 2.45) is 11.7 Å². The average Bonchev–Trinajstić information content (AvgIpc) is 2.21. The van der Waals surface area contributed by atoms with Crippen LogP contribution in [0.2, 0.25) is 5.02 Å². The van der Waals surface area contributed by atoms with Gasteiger partial charge < -0.3 is 10.8 Å². The van der Waals surface area contributed by atoms with Gasteiger partial charge in [0, 0.05) is 22.5 Å². The van der Waals surface area contributed by atoms with Gasteiger partial charge in [0.1, 0.15) is 5.82 Å². The summed E-state index contributed by atoms with van der Waals surface area (Å²) in [5, 5.41) is 9.04. The Morgan fingerprint density at radius 1 is 1.61 bits per heavy atom. The van der Waals surface area contributed by atoms with Crippen molar-refractivity contribution in [2.75, 3.05) is 0 Å². The first kappa shape index (κ1) is 15.4. The second-order valence-electron chi connectivity index (χ2n) is 4.33. The summed E-state index contributed by atoms with van der Waals surface area (Å²) >= 11 is 9.01. The molecule has 0 heterocycles. The van der Waals surface area contributed by atoms with E-state index in [4.69, 9.17) is 22.4 Å². The van der Waals surface area contributed by atoms with E-state index in [2.05, 4.69) is 15.9 Å². The van der Waals surface area contributed by atoms with Gasteiger partial charge in [-0.3, -0.25) is 4.79 Å². The van der Waals surface area contributed by atoms with Crippen LogP contribution in [0.25, 0.3) is 0 Å². The number of carboxylic acids is 1. The average molecular weight is 339 g/mol. The lowest BCUT2D eigenvalue weighted by atomic mass is 9.94. The standard InChI is InChI=1S/C12H14BrClFNO2/c1-6(3-12(17)18)2-11(16)7-4-9(14)8(13)5-10(7)15/h4-6,11H,2-3,16H2,1H3,(H,17,18). The molecule has 0 aliphatic carbocycles. The predicted octanol–water partition coefficient (Wildman–Crippen LogP) is 3.74. The first-order valence-electron chi connectivity index (χ1n) is 5.43. The molecule has 0 aliphatic heterocycles. The van der Waals surface area contributed by atoms with Crippen LogP contribution in [0.4, 0.5) is 4.39 Å². The molecule has 0 saturated carbocycles. The molecule has 3 nitrogen and oxygen atoms in total. The third-order valence-electron chi connectivity index (χ3n) is 2.62. The monoisotopic (exact) mass is 337 g/mol. The smallest absolute Gasteiger partial charge is 0.303 e. The fourth-order valence-corrected chi connectivity index (χ4v) is 2.25. The van der Waals surface area contributed by atoms with Crippen LogP contribution in [-0.4, -0.2) is 11.1 Å². The minimum absolute atomic E-state index is 0.0135. The van der Waals surface area contributed by atoms with Crippen molar-refractivity contribution in [1.82, 2.24) is 0 Å². The molecule has 100 valence electrons. The summed E-state index contributed by atoms with van der Waals surface area (Å²) in [6.45, 7) is 1.77. The maximum absolute atomic E-state index is 13.7. The zero-order chi connectivity index (χ0) is 13.9. The van der Waals surface area contributed by atoms with Gasteiger partial charge in [0.2, 0.25) is 0 Å². The van der Waals surface area contributed by atoms with E-state index < -0.39 is 17.8 Å². The van der Waals surface area contributed by atoms with Gasteiger partial charge in [-0.25, -0.2) is 4.39 Å². The van der Waals surface area contributed by atoms with Gasteiger partial charge in [0.15, 0.2) is 0 Å². The Kier molecular flexibility index (Phi) is 5.56. The molecule has 3 N–H and O–H groups in total. The molecule has 0 bridgehead atoms. The zero-order valence-corrected chi connectivity index (χ0v) is 12.1. The van der Waals surface area contributed by atoms with Gasteiger partial charge in [0.05, 0.1) is 5.02 Å². The Bertz CT molecular complexity index is 456. The van der Waals surface area contributed by atoms with Gasteiger partial charge >= 0.3 is 5.97 Å². The van der Waals surface area contributed by atoms with E-state index in [0.29, 0.717) is 21.5 Å². The highest BCUT2D eigenvalue weighted by molar-refractivity contribution is 9.10. The number of hydrogen-bond donors (Lipinski definition) is 2. The maximum Gasteiger partial charge on any atom is 0.303 e. The first-order valence-corrected chi connectivity index (χ1v) is 6.60. The van der Waals surface area contributed by atoms with E-state index in [9.17, 15) is 9.18 Å². The summed E-state index contributed by atoms with van der Waals surface area (Å²) in [4.78, 5) is 10.6. The van der Waals surface area contributed by atoms with E-state index in [1.165, 1.54) is 12.1 Å². The summed E-state index contributed by atoms with van der Waals surface area (Å²) in [7, 11) is 0. The number of hydrogen-bond acceptors (Lipinski definition) is 2. The normalized spacial score (nSPS) is 14.3. The lowest BCUT2D eigenvalue weighted by Crippen LogP contribution is -2.17. The van der Waals surface area contributed by atoms with Crippen molar-refractivity contribution in [2.45, 2.75) is 25.8 Å². The Morgan fingerprint density at radius 2 is 2.22 bits per heavy atom. The van der Waals surface area contributed by atoms with Gasteiger partial charge in [-0.15, -0.1) is 0 Å². The predicted molar refractivity (Wildman–Crippen MR) is 72.1 cm³/mol. The van der Waals surface area contributed by atoms with Crippen molar-refractivity contribution in [3.8, 4) is 0 Å². The highest BCUT2D eigenvalue weighted by Gasteiger charge is 2.18. The second-order valence-corrected chi connectivity index (χ2v) is 5.59. The van der Waals surface area contributed by atoms with Crippen molar-refractivity contribution in [3.63, 3.8) is 0 Å². The molecule has 1 rings (SSSR count). The molecular weight excluding hydrogens is 324 g/mol. The minimum atomic E-state index is -0.885. The summed E-state index contributed by atoms with van der Waals surface area (Å²) in [5.41, 5.74) is 6.19. The SMILES string of the molecule is CC(CC(=O)O)CC(N)c1cc(Cl)c(Br)cc1F. The van der Waals surface area contributed by atoms with Gasteiger partial charge in [-0.05, 0) is 40.4 Å². The number of halogens is 3. The van der Waals surface area contributed by atoms with E-state index in [1.807, 2.05) is 0 Å². The van der Waals surface area contributed by atoms with Crippen molar-refractivity contribution in [1.29, 1.82) is 0 Å². The summed E-state index contributed by atoms with van der Waals surface area (Å²) in [5.74, 6) is -1.45. The summed E-state index contributed by atoms with van der Waals surface area (Å²) < 4.78 is 14.2. The summed E-state index contributed by atoms with van der Waals surface area (Å²) in [6, 6.07) is 2.17. The van der Waals surface area contributed by atoms with Crippen LogP contribution < -0.4 is 5.73 Å². The fraction of sp³-hybridized carbons (Fsp3) is 0.417. The van der Waals surface area contributed by atoms with Crippen LogP contribution in [0.15, 0.2) is 16.6 Å². The molecule has 0 radical (unpaired) electrons. The Hall–Kier alpha value is -0.650. The lowest BCUT2D eigenvalue weighted by molar-refractivity contribution is -0.138. The Morgan fingerprint density at radius 3 is 2.78 bits per heavy atom. The fourth-order valence-electron chi connectivity index (χ4n) is 1.76. The lowest BCUT2D eigenvalue weighted by Gasteiger charge is -2.17. The molecule has 6 heteroatoms. The molecule has 0 aromatic heterocycles. The first-order chi connectivity index (χ1) is 8.31. The molecule has 2 atom stereocenters. The molecule has 1 aromatic carbocycles. The highest BCUT2D eigenvalue weighted by atomic mass is 79.9. The molecule has 0 aliphatic rings. The minimum Gasteiger partial charge on any atom is -0.481 e. The number of rotatable bonds is 5. The molecule has 0 amide bonds. The number of benzene rings is 1. The quantitative estimate of drug-likeness (QED) is 0.804. The zero-order valence-electron chi connectivity index (χ0n) is 9.79. The topological polar surface area (TPSA) is 63.3 Å². The molecule has 0 fully saturated rings. The molecule has 1 aromatic rings. The number of carboxylic acid groups (broad SMARTS) is 1. The van der Waals surface area contributed by atoms with E-state index >= 15 is 0 Å². The number of nitrogens with two attached hydrogens (primary N) is 1. The van der Waals surface area contributed by atoms with Crippen LogP contribution in [0.3, 0.4) is 0 Å². The molecule has 0 spiro atoms. The number of aliphatic carboxylic acids is 1. The van der Waals surface area contributed by atoms with Gasteiger partial charge in [-0.1, -0.05) is 18.5 Å². The summed E-state index contributed by atoms with van der Waals surface area (Å²) in [6.07, 6.45) is 0.404. The van der Waals surface area contributed by atoms with Crippen LogP contribution in [-0.2, 0) is 4.79 Å². The third-order valence-corrected chi connectivity index (χ3v) is 3.82.